The van der Waals surface area contributed by atoms with Crippen LogP contribution < -0.4 is 15.1 Å². The molecule has 0 atom stereocenters. The normalized spacial score (nSPS) is 16.3. The number of aromatic nitrogens is 3. The van der Waals surface area contributed by atoms with Crippen LogP contribution in [0.1, 0.15) is 26.7 Å². The molecule has 2 fully saturated rings. The van der Waals surface area contributed by atoms with Crippen LogP contribution in [0.4, 0.5) is 16.0 Å². The van der Waals surface area contributed by atoms with Crippen LogP contribution in [-0.4, -0.2) is 77.0 Å². The zero-order chi connectivity index (χ0) is 28.5. The molecule has 10 nitrogen and oxygen atoms in total. The first-order valence-electron chi connectivity index (χ1n) is 13.9. The predicted molar refractivity (Wildman–Crippen MR) is 154 cm³/mol. The van der Waals surface area contributed by atoms with E-state index in [1.54, 1.807) is 32.2 Å². The molecule has 2 aliphatic heterocycles. The van der Waals surface area contributed by atoms with E-state index in [4.69, 9.17) is 9.40 Å². The number of nitrogens with zero attached hydrogens (tertiary/aromatic N) is 6. The van der Waals surface area contributed by atoms with Crippen molar-refractivity contribution in [2.45, 2.75) is 32.7 Å². The molecule has 0 bridgehead atoms. The fraction of sp³-hybridized carbons (Fsp3) is 0.367. The lowest BCUT2D eigenvalue weighted by atomic mass is 9.99. The highest BCUT2D eigenvalue weighted by Gasteiger charge is 2.28. The Morgan fingerprint density at radius 2 is 1.59 bits per heavy atom. The molecule has 212 valence electrons. The summed E-state index contributed by atoms with van der Waals surface area (Å²) in [6.07, 6.45) is 5.01. The van der Waals surface area contributed by atoms with Crippen LogP contribution in [0.3, 0.4) is 0 Å². The van der Waals surface area contributed by atoms with Crippen LogP contribution in [0.15, 0.2) is 53.3 Å². The van der Waals surface area contributed by atoms with Crippen molar-refractivity contribution in [2.24, 2.45) is 0 Å². The van der Waals surface area contributed by atoms with Crippen LogP contribution in [0.25, 0.3) is 33.6 Å². The largest absolute Gasteiger partial charge is 0.437 e. The number of carbonyl (C=O) groups excluding carboxylic acids is 2. The number of piperidine rings is 1. The first kappa shape index (κ1) is 26.7. The van der Waals surface area contributed by atoms with Crippen molar-refractivity contribution >= 4 is 34.5 Å². The summed E-state index contributed by atoms with van der Waals surface area (Å²) < 4.78 is 20.3. The summed E-state index contributed by atoms with van der Waals surface area (Å²) in [6.45, 7) is 7.20. The van der Waals surface area contributed by atoms with Crippen LogP contribution >= 0.6 is 0 Å². The molecule has 0 unspecified atom stereocenters. The molecule has 1 aromatic carbocycles. The van der Waals surface area contributed by atoms with Gasteiger partial charge in [-0.1, -0.05) is 12.1 Å². The van der Waals surface area contributed by atoms with E-state index in [9.17, 15) is 14.0 Å². The maximum absolute atomic E-state index is 13.9. The number of furan rings is 1. The van der Waals surface area contributed by atoms with Crippen LogP contribution in [0.2, 0.25) is 0 Å². The average molecular weight is 558 g/mol. The lowest BCUT2D eigenvalue weighted by molar-refractivity contribution is -0.129. The molecule has 41 heavy (non-hydrogen) atoms. The third-order valence-electron chi connectivity index (χ3n) is 7.86. The molecule has 11 heteroatoms. The van der Waals surface area contributed by atoms with Crippen molar-refractivity contribution in [1.29, 1.82) is 0 Å². The summed E-state index contributed by atoms with van der Waals surface area (Å²) >= 11 is 0. The van der Waals surface area contributed by atoms with Gasteiger partial charge < -0.3 is 24.4 Å². The minimum atomic E-state index is -0.326. The maximum Gasteiger partial charge on any atom is 0.232 e. The van der Waals surface area contributed by atoms with Crippen molar-refractivity contribution < 1.29 is 18.4 Å². The smallest absolute Gasteiger partial charge is 0.232 e. The van der Waals surface area contributed by atoms with E-state index in [0.717, 1.165) is 59.6 Å². The minimum Gasteiger partial charge on any atom is -0.437 e. The lowest BCUT2D eigenvalue weighted by Crippen LogP contribution is -2.48. The number of pyridine rings is 1. The Bertz CT molecular complexity index is 1560. The van der Waals surface area contributed by atoms with Gasteiger partial charge in [0.1, 0.15) is 29.5 Å². The molecule has 0 saturated carbocycles. The van der Waals surface area contributed by atoms with Gasteiger partial charge in [0.15, 0.2) is 0 Å². The van der Waals surface area contributed by atoms with Gasteiger partial charge in [-0.2, -0.15) is 0 Å². The molecule has 0 radical (unpaired) electrons. The van der Waals surface area contributed by atoms with Gasteiger partial charge in [-0.05, 0) is 42.7 Å². The fourth-order valence-electron chi connectivity index (χ4n) is 5.73. The van der Waals surface area contributed by atoms with Gasteiger partial charge in [-0.3, -0.25) is 9.59 Å². The quantitative estimate of drug-likeness (QED) is 0.394. The molecule has 3 aromatic heterocycles. The number of amides is 2. The second kappa shape index (κ2) is 11.1. The second-order valence-electron chi connectivity index (χ2n) is 10.6. The van der Waals surface area contributed by atoms with Crippen LogP contribution in [-0.2, 0) is 9.59 Å². The number of halogens is 1. The zero-order valence-corrected chi connectivity index (χ0v) is 23.1. The highest BCUT2D eigenvalue weighted by molar-refractivity contribution is 6.06. The average Bonchev–Trinajstić information content (AvgIpc) is 3.38. The van der Waals surface area contributed by atoms with Crippen LogP contribution in [0, 0.1) is 5.82 Å². The summed E-state index contributed by atoms with van der Waals surface area (Å²) in [4.78, 5) is 43.3. The molecule has 2 amide bonds. The monoisotopic (exact) mass is 557 g/mol. The van der Waals surface area contributed by atoms with Gasteiger partial charge in [-0.15, -0.1) is 0 Å². The van der Waals surface area contributed by atoms with Gasteiger partial charge in [0.25, 0.3) is 0 Å². The van der Waals surface area contributed by atoms with E-state index in [1.807, 2.05) is 17.0 Å². The zero-order valence-electron chi connectivity index (χ0n) is 23.1. The van der Waals surface area contributed by atoms with Crippen molar-refractivity contribution in [2.75, 3.05) is 49.1 Å². The number of hydrogen-bond acceptors (Lipinski definition) is 8. The second-order valence-corrected chi connectivity index (χ2v) is 10.6. The van der Waals surface area contributed by atoms with Gasteiger partial charge in [0.2, 0.25) is 17.5 Å². The number of anilines is 2. The molecule has 2 aliphatic rings. The highest BCUT2D eigenvalue weighted by atomic mass is 19.1. The minimum absolute atomic E-state index is 0.000103. The van der Waals surface area contributed by atoms with Gasteiger partial charge in [0, 0.05) is 76.5 Å². The third kappa shape index (κ3) is 5.44. The van der Waals surface area contributed by atoms with E-state index < -0.39 is 0 Å². The Morgan fingerprint density at radius 1 is 0.878 bits per heavy atom. The number of fused-ring (bicyclic) bond motifs is 1. The SMILES string of the molecule is CC(=O)NC1CCN(c2ccc(-c3oc4ncnc(N5CCN(C(C)=O)CC5)c4c3-c3ccc(F)cc3)cn2)CC1. The maximum atomic E-state index is 13.9. The predicted octanol–water partition coefficient (Wildman–Crippen LogP) is 3.86. The molecular formula is C30H32FN7O3. The van der Waals surface area contributed by atoms with E-state index >= 15 is 0 Å². The number of carbonyl (C=O) groups is 2. The number of benzene rings is 1. The van der Waals surface area contributed by atoms with Gasteiger partial charge >= 0.3 is 0 Å². The van der Waals surface area contributed by atoms with E-state index in [1.165, 1.54) is 18.5 Å². The Balaban J connectivity index is 1.35. The Kier molecular flexibility index (Phi) is 7.25. The first-order chi connectivity index (χ1) is 19.9. The van der Waals surface area contributed by atoms with Crippen LogP contribution in [0.5, 0.6) is 0 Å². The Hall–Kier alpha value is -4.54. The Labute approximate surface area is 237 Å². The summed E-state index contributed by atoms with van der Waals surface area (Å²) in [5.74, 6) is 1.90. The highest BCUT2D eigenvalue weighted by Crippen LogP contribution is 2.43. The standard InChI is InChI=1S/C30H32FN7O3/c1-19(39)35-24-9-11-37(12-10-24)25-8-5-22(17-32-25)28-26(21-3-6-23(31)7-4-21)27-29(33-18-34-30(27)41-28)38-15-13-36(14-16-38)20(2)40/h3-8,17-18,24H,9-16H2,1-2H3,(H,35,39). The van der Waals surface area contributed by atoms with Crippen molar-refractivity contribution in [3.8, 4) is 22.5 Å². The summed E-state index contributed by atoms with van der Waals surface area (Å²) in [5, 5.41) is 3.75. The fourth-order valence-corrected chi connectivity index (χ4v) is 5.73. The molecule has 2 saturated heterocycles. The van der Waals surface area contributed by atoms with Gasteiger partial charge in [0.05, 0.1) is 5.39 Å². The Morgan fingerprint density at radius 3 is 2.22 bits per heavy atom. The first-order valence-corrected chi connectivity index (χ1v) is 13.9. The number of rotatable bonds is 5. The van der Waals surface area contributed by atoms with Crippen molar-refractivity contribution in [3.05, 3.63) is 54.7 Å². The molecule has 6 rings (SSSR count). The molecule has 0 aliphatic carbocycles. The number of hydrogen-bond donors (Lipinski definition) is 1. The molecule has 4 aromatic rings. The van der Waals surface area contributed by atoms with E-state index in [-0.39, 0.29) is 23.7 Å². The van der Waals surface area contributed by atoms with Crippen molar-refractivity contribution in [3.63, 3.8) is 0 Å². The lowest BCUT2D eigenvalue weighted by Gasteiger charge is -2.35. The van der Waals surface area contributed by atoms with Gasteiger partial charge in [-0.25, -0.2) is 19.3 Å². The molecule has 5 heterocycles. The summed E-state index contributed by atoms with van der Waals surface area (Å²) in [7, 11) is 0. The summed E-state index contributed by atoms with van der Waals surface area (Å²) in [6, 6.07) is 10.5. The van der Waals surface area contributed by atoms with E-state index in [2.05, 4.69) is 25.1 Å². The van der Waals surface area contributed by atoms with E-state index in [0.29, 0.717) is 37.7 Å². The van der Waals surface area contributed by atoms with Crippen molar-refractivity contribution in [1.82, 2.24) is 25.2 Å². The molecule has 0 spiro atoms. The molecule has 1 N–H and O–H groups in total. The third-order valence-corrected chi connectivity index (χ3v) is 7.86. The topological polar surface area (TPSA) is 108 Å². The number of piperazine rings is 1. The molecular weight excluding hydrogens is 525 g/mol. The number of nitrogens with one attached hydrogen (secondary N) is 1. The summed E-state index contributed by atoms with van der Waals surface area (Å²) in [5.41, 5.74) is 2.76.